The Morgan fingerprint density at radius 3 is 2.50 bits per heavy atom. The van der Waals surface area contributed by atoms with Crippen LogP contribution in [0.1, 0.15) is 10.4 Å². The Morgan fingerprint density at radius 2 is 1.83 bits per heavy atom. The van der Waals surface area contributed by atoms with Gasteiger partial charge < -0.3 is 10.4 Å². The van der Waals surface area contributed by atoms with Crippen molar-refractivity contribution in [3.05, 3.63) is 57.5 Å². The normalized spacial score (nSPS) is 10.1. The predicted molar refractivity (Wildman–Crippen MR) is 75.2 cm³/mol. The van der Waals surface area contributed by atoms with Crippen LogP contribution in [0, 0.1) is 0 Å². The number of para-hydroxylation sites is 1. The Bertz CT molecular complexity index is 587. The van der Waals surface area contributed by atoms with E-state index in [1.54, 1.807) is 18.2 Å². The molecule has 0 saturated carbocycles. The summed E-state index contributed by atoms with van der Waals surface area (Å²) in [6.07, 6.45) is 0. The van der Waals surface area contributed by atoms with Crippen LogP contribution < -0.4 is 5.32 Å². The number of halogens is 2. The van der Waals surface area contributed by atoms with E-state index in [-0.39, 0.29) is 11.3 Å². The summed E-state index contributed by atoms with van der Waals surface area (Å²) >= 11 is 8.93. The number of phenols is 1. The van der Waals surface area contributed by atoms with Crippen LogP contribution in [-0.4, -0.2) is 11.0 Å². The van der Waals surface area contributed by atoms with Gasteiger partial charge in [-0.2, -0.15) is 0 Å². The lowest BCUT2D eigenvalue weighted by Gasteiger charge is -2.08. The molecule has 2 rings (SSSR count). The quantitative estimate of drug-likeness (QED) is 0.874. The van der Waals surface area contributed by atoms with E-state index in [0.717, 1.165) is 0 Å². The van der Waals surface area contributed by atoms with Gasteiger partial charge in [-0.3, -0.25) is 4.79 Å². The van der Waals surface area contributed by atoms with E-state index < -0.39 is 5.91 Å². The molecule has 2 aromatic rings. The molecule has 0 atom stereocenters. The van der Waals surface area contributed by atoms with Crippen molar-refractivity contribution in [1.29, 1.82) is 0 Å². The molecular weight excluding hydrogens is 318 g/mol. The molecule has 3 nitrogen and oxygen atoms in total. The van der Waals surface area contributed by atoms with Crippen LogP contribution in [0.15, 0.2) is 46.9 Å². The summed E-state index contributed by atoms with van der Waals surface area (Å²) in [6.45, 7) is 0. The first-order valence-corrected chi connectivity index (χ1v) is 6.30. The number of benzene rings is 2. The summed E-state index contributed by atoms with van der Waals surface area (Å²) < 4.78 is 0.310. The standard InChI is InChI=1S/C13H9BrClNO2/c14-11-10(15)7-6-9(12(11)17)13(18)16-8-4-2-1-3-5-8/h1-7,17H,(H,16,18). The Morgan fingerprint density at radius 1 is 1.17 bits per heavy atom. The Kier molecular flexibility index (Phi) is 3.89. The van der Waals surface area contributed by atoms with Gasteiger partial charge in [-0.25, -0.2) is 0 Å². The van der Waals surface area contributed by atoms with Crippen molar-refractivity contribution < 1.29 is 9.90 Å². The largest absolute Gasteiger partial charge is 0.506 e. The third-order valence-electron chi connectivity index (χ3n) is 2.35. The summed E-state index contributed by atoms with van der Waals surface area (Å²) in [7, 11) is 0. The van der Waals surface area contributed by atoms with Crippen LogP contribution in [0.3, 0.4) is 0 Å². The number of phenolic OH excluding ortho intramolecular Hbond substituents is 1. The maximum absolute atomic E-state index is 12.0. The molecule has 0 aromatic heterocycles. The second-order valence-electron chi connectivity index (χ2n) is 3.58. The highest BCUT2D eigenvalue weighted by Gasteiger charge is 2.15. The maximum atomic E-state index is 12.0. The summed E-state index contributed by atoms with van der Waals surface area (Å²) in [5.41, 5.74) is 0.822. The Labute approximate surface area is 118 Å². The van der Waals surface area contributed by atoms with Gasteiger partial charge in [-0.1, -0.05) is 29.8 Å². The van der Waals surface area contributed by atoms with Gasteiger partial charge in [0, 0.05) is 5.69 Å². The smallest absolute Gasteiger partial charge is 0.259 e. The van der Waals surface area contributed by atoms with E-state index in [9.17, 15) is 9.90 Å². The van der Waals surface area contributed by atoms with Gasteiger partial charge in [0.2, 0.25) is 0 Å². The predicted octanol–water partition coefficient (Wildman–Crippen LogP) is 4.06. The van der Waals surface area contributed by atoms with Crippen molar-refractivity contribution in [2.24, 2.45) is 0 Å². The third-order valence-corrected chi connectivity index (χ3v) is 3.69. The lowest BCUT2D eigenvalue weighted by Crippen LogP contribution is -2.12. The second kappa shape index (κ2) is 5.42. The summed E-state index contributed by atoms with van der Waals surface area (Å²) in [5.74, 6) is -0.563. The molecule has 2 N–H and O–H groups in total. The number of anilines is 1. The molecule has 0 aliphatic heterocycles. The van der Waals surface area contributed by atoms with Gasteiger partial charge in [0.05, 0.1) is 15.1 Å². The molecule has 0 aliphatic carbocycles. The molecule has 5 heteroatoms. The average molecular weight is 327 g/mol. The average Bonchev–Trinajstić information content (AvgIpc) is 2.37. The van der Waals surface area contributed by atoms with E-state index in [1.807, 2.05) is 18.2 Å². The van der Waals surface area contributed by atoms with Gasteiger partial charge in [0.15, 0.2) is 0 Å². The molecular formula is C13H9BrClNO2. The SMILES string of the molecule is O=C(Nc1ccccc1)c1ccc(Cl)c(Br)c1O. The van der Waals surface area contributed by atoms with Crippen LogP contribution in [0.25, 0.3) is 0 Å². The van der Waals surface area contributed by atoms with Crippen molar-refractivity contribution in [3.63, 3.8) is 0 Å². The third kappa shape index (κ3) is 2.66. The first kappa shape index (κ1) is 12.9. The highest BCUT2D eigenvalue weighted by molar-refractivity contribution is 9.10. The molecule has 0 radical (unpaired) electrons. The Hall–Kier alpha value is -1.52. The van der Waals surface area contributed by atoms with Crippen molar-refractivity contribution >= 4 is 39.1 Å². The zero-order valence-corrected chi connectivity index (χ0v) is 11.5. The molecule has 0 unspecified atom stereocenters. The zero-order chi connectivity index (χ0) is 13.1. The van der Waals surface area contributed by atoms with Crippen molar-refractivity contribution in [1.82, 2.24) is 0 Å². The van der Waals surface area contributed by atoms with Crippen LogP contribution in [0.4, 0.5) is 5.69 Å². The van der Waals surface area contributed by atoms with Crippen LogP contribution in [0.5, 0.6) is 5.75 Å². The number of hydrogen-bond donors (Lipinski definition) is 2. The topological polar surface area (TPSA) is 49.3 Å². The van der Waals surface area contributed by atoms with E-state index >= 15 is 0 Å². The maximum Gasteiger partial charge on any atom is 0.259 e. The fourth-order valence-electron chi connectivity index (χ4n) is 1.44. The van der Waals surface area contributed by atoms with Gasteiger partial charge in [0.1, 0.15) is 5.75 Å². The van der Waals surface area contributed by atoms with Crippen LogP contribution in [-0.2, 0) is 0 Å². The summed E-state index contributed by atoms with van der Waals surface area (Å²) in [5, 5.41) is 12.9. The first-order chi connectivity index (χ1) is 8.59. The van der Waals surface area contributed by atoms with Gasteiger partial charge in [-0.15, -0.1) is 0 Å². The lowest BCUT2D eigenvalue weighted by atomic mass is 10.2. The van der Waals surface area contributed by atoms with Crippen molar-refractivity contribution in [2.75, 3.05) is 5.32 Å². The molecule has 0 heterocycles. The number of hydrogen-bond acceptors (Lipinski definition) is 2. The number of amides is 1. The number of carbonyl (C=O) groups excluding carboxylic acids is 1. The van der Waals surface area contributed by atoms with E-state index in [1.165, 1.54) is 6.07 Å². The molecule has 92 valence electrons. The van der Waals surface area contributed by atoms with Crippen LogP contribution in [0.2, 0.25) is 5.02 Å². The van der Waals surface area contributed by atoms with E-state index in [0.29, 0.717) is 15.2 Å². The number of rotatable bonds is 2. The Balaban J connectivity index is 2.28. The van der Waals surface area contributed by atoms with E-state index in [2.05, 4.69) is 21.2 Å². The molecule has 0 bridgehead atoms. The lowest BCUT2D eigenvalue weighted by molar-refractivity contribution is 0.102. The monoisotopic (exact) mass is 325 g/mol. The minimum Gasteiger partial charge on any atom is -0.506 e. The van der Waals surface area contributed by atoms with Gasteiger partial charge in [0.25, 0.3) is 5.91 Å². The molecule has 0 fully saturated rings. The molecule has 0 spiro atoms. The number of nitrogens with one attached hydrogen (secondary N) is 1. The fourth-order valence-corrected chi connectivity index (χ4v) is 1.94. The highest BCUT2D eigenvalue weighted by atomic mass is 79.9. The molecule has 1 amide bonds. The summed E-state index contributed by atoms with van der Waals surface area (Å²) in [6, 6.07) is 12.0. The fraction of sp³-hybridized carbons (Fsp3) is 0. The number of aromatic hydroxyl groups is 1. The molecule has 0 saturated heterocycles. The minimum atomic E-state index is -0.393. The van der Waals surface area contributed by atoms with Crippen molar-refractivity contribution in [3.8, 4) is 5.75 Å². The minimum absolute atomic E-state index is 0.162. The van der Waals surface area contributed by atoms with Gasteiger partial charge >= 0.3 is 0 Å². The molecule has 18 heavy (non-hydrogen) atoms. The first-order valence-electron chi connectivity index (χ1n) is 5.13. The molecule has 2 aromatic carbocycles. The summed E-state index contributed by atoms with van der Waals surface area (Å²) in [4.78, 5) is 12.0. The molecule has 0 aliphatic rings. The highest BCUT2D eigenvalue weighted by Crippen LogP contribution is 2.34. The number of carbonyl (C=O) groups is 1. The van der Waals surface area contributed by atoms with Gasteiger partial charge in [-0.05, 0) is 40.2 Å². The second-order valence-corrected chi connectivity index (χ2v) is 4.78. The van der Waals surface area contributed by atoms with E-state index in [4.69, 9.17) is 11.6 Å². The zero-order valence-electron chi connectivity index (χ0n) is 9.15. The van der Waals surface area contributed by atoms with Crippen LogP contribution >= 0.6 is 27.5 Å². The van der Waals surface area contributed by atoms with Crippen molar-refractivity contribution in [2.45, 2.75) is 0 Å².